The lowest BCUT2D eigenvalue weighted by molar-refractivity contribution is 0.421. The van der Waals surface area contributed by atoms with Gasteiger partial charge in [-0.15, -0.1) is 10.2 Å². The van der Waals surface area contributed by atoms with Gasteiger partial charge in [0, 0.05) is 18.0 Å². The van der Waals surface area contributed by atoms with Crippen LogP contribution in [0.2, 0.25) is 0 Å². The summed E-state index contributed by atoms with van der Waals surface area (Å²) >= 11 is 0. The quantitative estimate of drug-likeness (QED) is 0.728. The fourth-order valence-corrected chi connectivity index (χ4v) is 2.52. The Hall–Kier alpha value is -3.46. The van der Waals surface area contributed by atoms with Crippen molar-refractivity contribution >= 4 is 22.1 Å². The molecule has 0 saturated carbocycles. The minimum atomic E-state index is -0.506. The summed E-state index contributed by atoms with van der Waals surface area (Å²) < 4.78 is 0.989. The topological polar surface area (TPSA) is 90.7 Å². The zero-order valence-corrected chi connectivity index (χ0v) is 13.2. The number of aromatic hydroxyl groups is 1. The Morgan fingerprint density at radius 3 is 2.58 bits per heavy atom. The van der Waals surface area contributed by atoms with E-state index < -0.39 is 5.56 Å². The maximum Gasteiger partial charge on any atom is 0.281 e. The van der Waals surface area contributed by atoms with E-state index in [1.807, 2.05) is 42.5 Å². The van der Waals surface area contributed by atoms with Crippen molar-refractivity contribution in [1.82, 2.24) is 4.57 Å². The number of benzene rings is 2. The number of aromatic nitrogens is 1. The van der Waals surface area contributed by atoms with Gasteiger partial charge in [-0.2, -0.15) is 5.26 Å². The molecule has 0 amide bonds. The molecule has 0 aliphatic heterocycles. The summed E-state index contributed by atoms with van der Waals surface area (Å²) in [7, 11) is 1.38. The average Bonchev–Trinajstić information content (AvgIpc) is 2.60. The van der Waals surface area contributed by atoms with Crippen molar-refractivity contribution in [3.8, 4) is 11.9 Å². The Morgan fingerprint density at radius 1 is 1.12 bits per heavy atom. The molecule has 0 spiro atoms. The largest absolute Gasteiger partial charge is 0.493 e. The number of hydrogen-bond donors (Lipinski definition) is 1. The molecule has 3 aromatic rings. The molecule has 2 aromatic carbocycles. The molecule has 6 nitrogen and oxygen atoms in total. The van der Waals surface area contributed by atoms with Crippen LogP contribution >= 0.6 is 0 Å². The Kier molecular flexibility index (Phi) is 3.84. The van der Waals surface area contributed by atoms with Crippen LogP contribution in [0.3, 0.4) is 0 Å². The zero-order valence-electron chi connectivity index (χ0n) is 13.2. The van der Waals surface area contributed by atoms with Gasteiger partial charge in [-0.1, -0.05) is 36.4 Å². The number of azo groups is 1. The van der Waals surface area contributed by atoms with Crippen LogP contribution in [0.25, 0.3) is 10.8 Å². The highest BCUT2D eigenvalue weighted by Gasteiger charge is 2.17. The van der Waals surface area contributed by atoms with Crippen LogP contribution in [0.4, 0.5) is 11.4 Å². The van der Waals surface area contributed by atoms with Gasteiger partial charge in [0.25, 0.3) is 5.56 Å². The fraction of sp³-hybridized carbons (Fsp3) is 0.111. The van der Waals surface area contributed by atoms with E-state index in [9.17, 15) is 9.90 Å². The first kappa shape index (κ1) is 15.4. The first-order valence-corrected chi connectivity index (χ1v) is 7.26. The molecule has 118 valence electrons. The van der Waals surface area contributed by atoms with Crippen molar-refractivity contribution in [3.63, 3.8) is 0 Å². The summed E-state index contributed by atoms with van der Waals surface area (Å²) in [6, 6.07) is 15.2. The molecule has 1 heterocycles. The second kappa shape index (κ2) is 5.97. The number of nitrogens with zero attached hydrogens (tertiary/aromatic N) is 4. The van der Waals surface area contributed by atoms with Crippen molar-refractivity contribution in [2.24, 2.45) is 17.3 Å². The predicted octanol–water partition coefficient (Wildman–Crippen LogP) is 3.84. The van der Waals surface area contributed by atoms with Crippen molar-refractivity contribution in [2.75, 3.05) is 0 Å². The van der Waals surface area contributed by atoms with Gasteiger partial charge in [-0.05, 0) is 18.4 Å². The number of rotatable bonds is 2. The number of hydrogen-bond acceptors (Lipinski definition) is 5. The van der Waals surface area contributed by atoms with E-state index in [2.05, 4.69) is 10.2 Å². The van der Waals surface area contributed by atoms with Gasteiger partial charge < -0.3 is 5.11 Å². The maximum absolute atomic E-state index is 12.3. The highest BCUT2D eigenvalue weighted by molar-refractivity contribution is 5.92. The highest BCUT2D eigenvalue weighted by Crippen LogP contribution is 2.29. The van der Waals surface area contributed by atoms with Crippen molar-refractivity contribution in [3.05, 3.63) is 63.9 Å². The van der Waals surface area contributed by atoms with E-state index in [1.54, 1.807) is 13.0 Å². The molecule has 0 fully saturated rings. The second-order valence-electron chi connectivity index (χ2n) is 5.35. The predicted molar refractivity (Wildman–Crippen MR) is 90.9 cm³/mol. The monoisotopic (exact) mass is 318 g/mol. The molecule has 1 aromatic heterocycles. The number of pyridine rings is 1. The minimum Gasteiger partial charge on any atom is -0.493 e. The molecular formula is C18H14N4O2. The van der Waals surface area contributed by atoms with Gasteiger partial charge in [-0.25, -0.2) is 0 Å². The standard InChI is InChI=1S/C18H14N4O2/c1-11-14(10-19)17(23)22(2)18(24)16(11)21-20-15-9-5-7-12-6-3-4-8-13(12)15/h3-9,23H,1-2H3. The lowest BCUT2D eigenvalue weighted by Gasteiger charge is -2.08. The summed E-state index contributed by atoms with van der Waals surface area (Å²) in [4.78, 5) is 12.3. The van der Waals surface area contributed by atoms with Gasteiger partial charge in [0.1, 0.15) is 11.6 Å². The second-order valence-corrected chi connectivity index (χ2v) is 5.35. The third-order valence-electron chi connectivity index (χ3n) is 3.91. The van der Waals surface area contributed by atoms with Gasteiger partial charge in [0.15, 0.2) is 5.69 Å². The average molecular weight is 318 g/mol. The highest BCUT2D eigenvalue weighted by atomic mass is 16.3. The zero-order chi connectivity index (χ0) is 17.3. The van der Waals surface area contributed by atoms with Gasteiger partial charge >= 0.3 is 0 Å². The van der Waals surface area contributed by atoms with Crippen molar-refractivity contribution < 1.29 is 5.11 Å². The van der Waals surface area contributed by atoms with E-state index in [4.69, 9.17) is 5.26 Å². The van der Waals surface area contributed by atoms with Crippen LogP contribution in [0.5, 0.6) is 5.88 Å². The maximum atomic E-state index is 12.3. The summed E-state index contributed by atoms with van der Waals surface area (Å²) in [5.41, 5.74) is 0.486. The van der Waals surface area contributed by atoms with Crippen molar-refractivity contribution in [2.45, 2.75) is 6.92 Å². The van der Waals surface area contributed by atoms with Gasteiger partial charge in [0.05, 0.1) is 5.69 Å². The summed E-state index contributed by atoms with van der Waals surface area (Å²) in [5, 5.41) is 29.2. The first-order chi connectivity index (χ1) is 11.5. The Labute approximate surface area is 137 Å². The normalized spacial score (nSPS) is 11.0. The molecule has 3 rings (SSSR count). The molecular weight excluding hydrogens is 304 g/mol. The number of nitriles is 1. The van der Waals surface area contributed by atoms with Crippen LogP contribution in [0.1, 0.15) is 11.1 Å². The summed E-state index contributed by atoms with van der Waals surface area (Å²) in [6.45, 7) is 1.57. The van der Waals surface area contributed by atoms with E-state index in [-0.39, 0.29) is 17.1 Å². The smallest absolute Gasteiger partial charge is 0.281 e. The van der Waals surface area contributed by atoms with E-state index in [0.717, 1.165) is 15.3 Å². The van der Waals surface area contributed by atoms with Crippen LogP contribution in [0.15, 0.2) is 57.5 Å². The Morgan fingerprint density at radius 2 is 1.83 bits per heavy atom. The molecule has 0 aliphatic carbocycles. The SMILES string of the molecule is Cc1c(C#N)c(O)n(C)c(=O)c1N=Nc1cccc2ccccc12. The Balaban J connectivity index is 2.18. The third-order valence-corrected chi connectivity index (χ3v) is 3.91. The summed E-state index contributed by atoms with van der Waals surface area (Å²) in [5.74, 6) is -0.371. The van der Waals surface area contributed by atoms with Gasteiger partial charge in [-0.3, -0.25) is 9.36 Å². The molecule has 0 radical (unpaired) electrons. The molecule has 0 atom stereocenters. The van der Waals surface area contributed by atoms with E-state index in [0.29, 0.717) is 11.3 Å². The third kappa shape index (κ3) is 2.42. The molecule has 6 heteroatoms. The fourth-order valence-electron chi connectivity index (χ4n) is 2.52. The molecule has 1 N–H and O–H groups in total. The molecule has 0 unspecified atom stereocenters. The lowest BCUT2D eigenvalue weighted by atomic mass is 10.1. The van der Waals surface area contributed by atoms with E-state index in [1.165, 1.54) is 7.05 Å². The summed E-state index contributed by atoms with van der Waals surface area (Å²) in [6.07, 6.45) is 0. The van der Waals surface area contributed by atoms with Crippen LogP contribution < -0.4 is 5.56 Å². The van der Waals surface area contributed by atoms with Crippen LogP contribution in [0, 0.1) is 18.3 Å². The van der Waals surface area contributed by atoms with Crippen LogP contribution in [-0.4, -0.2) is 9.67 Å². The molecule has 0 saturated heterocycles. The number of fused-ring (bicyclic) bond motifs is 1. The van der Waals surface area contributed by atoms with Gasteiger partial charge in [0.2, 0.25) is 5.88 Å². The molecule has 0 aliphatic rings. The van der Waals surface area contributed by atoms with Crippen LogP contribution in [-0.2, 0) is 7.05 Å². The Bertz CT molecular complexity index is 1070. The molecule has 24 heavy (non-hydrogen) atoms. The first-order valence-electron chi connectivity index (χ1n) is 7.26. The minimum absolute atomic E-state index is 0.0176. The van der Waals surface area contributed by atoms with E-state index >= 15 is 0 Å². The molecule has 0 bridgehead atoms. The lowest BCUT2D eigenvalue weighted by Crippen LogP contribution is -2.18. The van der Waals surface area contributed by atoms with Crippen molar-refractivity contribution in [1.29, 1.82) is 5.26 Å².